The molecule has 0 N–H and O–H groups in total. The Kier molecular flexibility index (Phi) is 4.55. The summed E-state index contributed by atoms with van der Waals surface area (Å²) in [6.45, 7) is 0.205. The summed E-state index contributed by atoms with van der Waals surface area (Å²) in [5.41, 5.74) is -0.294. The molecule has 1 aromatic carbocycles. The fraction of sp³-hybridized carbons (Fsp3) is 0.300. The normalized spacial score (nSPS) is 10.1. The third kappa shape index (κ3) is 3.51. The topological polar surface area (TPSA) is 26.3 Å². The summed E-state index contributed by atoms with van der Waals surface area (Å²) in [5, 5.41) is 0. The third-order valence-corrected chi connectivity index (χ3v) is 2.18. The summed E-state index contributed by atoms with van der Waals surface area (Å²) < 4.78 is 30.2. The van der Waals surface area contributed by atoms with Crippen LogP contribution in [0.15, 0.2) is 12.1 Å². The van der Waals surface area contributed by atoms with E-state index in [1.54, 1.807) is 6.07 Å². The Bertz CT molecular complexity index is 355. The lowest BCUT2D eigenvalue weighted by Gasteiger charge is -2.04. The number of hydrogen-bond donors (Lipinski definition) is 0. The molecule has 15 heavy (non-hydrogen) atoms. The van der Waals surface area contributed by atoms with Crippen molar-refractivity contribution in [2.75, 3.05) is 18.6 Å². The van der Waals surface area contributed by atoms with Gasteiger partial charge in [-0.1, -0.05) is 0 Å². The third-order valence-electron chi connectivity index (χ3n) is 1.60. The van der Waals surface area contributed by atoms with Crippen LogP contribution in [0.4, 0.5) is 8.78 Å². The van der Waals surface area contributed by atoms with Crippen LogP contribution in [0.3, 0.4) is 0 Å². The molecular formula is C10H9F2O2S. The zero-order valence-corrected chi connectivity index (χ0v) is 8.87. The maximum atomic E-state index is 13.0. The van der Waals surface area contributed by atoms with Gasteiger partial charge in [0.15, 0.2) is 0 Å². The van der Waals surface area contributed by atoms with Crippen molar-refractivity contribution in [1.82, 2.24) is 0 Å². The summed E-state index contributed by atoms with van der Waals surface area (Å²) in [4.78, 5) is 11.2. The van der Waals surface area contributed by atoms with Gasteiger partial charge >= 0.3 is 5.97 Å². The quantitative estimate of drug-likeness (QED) is 0.587. The second kappa shape index (κ2) is 5.70. The van der Waals surface area contributed by atoms with Crippen molar-refractivity contribution in [2.45, 2.75) is 0 Å². The van der Waals surface area contributed by atoms with Crippen LogP contribution in [-0.2, 0) is 4.74 Å². The van der Waals surface area contributed by atoms with E-state index in [9.17, 15) is 13.6 Å². The first-order valence-electron chi connectivity index (χ1n) is 4.18. The zero-order valence-electron chi connectivity index (χ0n) is 8.05. The standard InChI is InChI=1S/C10H9F2O2S/c1-15-5-4-14-10(13)8-3-2-7(11)6-9(8)12/h2-3H,4-5H2,1H3. The summed E-state index contributed by atoms with van der Waals surface area (Å²) >= 11 is 1.51. The SMILES string of the molecule is CSCCOC(=O)c1ccc(F)[c]c1F. The summed E-state index contributed by atoms with van der Waals surface area (Å²) in [6.07, 6.45) is 1.86. The van der Waals surface area contributed by atoms with Crippen molar-refractivity contribution >= 4 is 17.7 Å². The predicted octanol–water partition coefficient (Wildman–Crippen LogP) is 2.28. The molecule has 1 radical (unpaired) electrons. The van der Waals surface area contributed by atoms with Crippen LogP contribution < -0.4 is 0 Å². The van der Waals surface area contributed by atoms with Crippen molar-refractivity contribution in [3.63, 3.8) is 0 Å². The zero-order chi connectivity index (χ0) is 11.3. The highest BCUT2D eigenvalue weighted by atomic mass is 32.2. The molecule has 0 aromatic heterocycles. The van der Waals surface area contributed by atoms with Crippen LogP contribution >= 0.6 is 11.8 Å². The Labute approximate surface area is 90.6 Å². The van der Waals surface area contributed by atoms with Gasteiger partial charge in [-0.05, 0) is 18.4 Å². The van der Waals surface area contributed by atoms with E-state index in [4.69, 9.17) is 4.74 Å². The average molecular weight is 231 g/mol. The number of rotatable bonds is 4. The van der Waals surface area contributed by atoms with Gasteiger partial charge in [-0.3, -0.25) is 0 Å². The van der Waals surface area contributed by atoms with Crippen LogP contribution in [0.25, 0.3) is 0 Å². The Hall–Kier alpha value is -1.10. The lowest BCUT2D eigenvalue weighted by molar-refractivity contribution is 0.0525. The van der Waals surface area contributed by atoms with Crippen molar-refractivity contribution in [3.8, 4) is 0 Å². The smallest absolute Gasteiger partial charge is 0.341 e. The monoisotopic (exact) mass is 231 g/mol. The number of benzene rings is 1. The molecule has 81 valence electrons. The number of thioether (sulfide) groups is 1. The molecule has 0 saturated carbocycles. The maximum absolute atomic E-state index is 13.0. The van der Waals surface area contributed by atoms with E-state index in [2.05, 4.69) is 0 Å². The molecule has 0 spiro atoms. The van der Waals surface area contributed by atoms with Gasteiger partial charge in [-0.25, -0.2) is 13.6 Å². The van der Waals surface area contributed by atoms with Gasteiger partial charge in [0, 0.05) is 5.75 Å². The van der Waals surface area contributed by atoms with Gasteiger partial charge in [0.2, 0.25) is 0 Å². The molecule has 1 aromatic rings. The van der Waals surface area contributed by atoms with Crippen molar-refractivity contribution in [1.29, 1.82) is 0 Å². The molecule has 0 unspecified atom stereocenters. The minimum absolute atomic E-state index is 0.205. The van der Waals surface area contributed by atoms with E-state index in [-0.39, 0.29) is 12.2 Å². The van der Waals surface area contributed by atoms with Crippen LogP contribution in [0, 0.1) is 17.7 Å². The summed E-state index contributed by atoms with van der Waals surface area (Å²) in [6, 6.07) is 3.78. The molecule has 5 heteroatoms. The van der Waals surface area contributed by atoms with Crippen molar-refractivity contribution in [3.05, 3.63) is 35.4 Å². The maximum Gasteiger partial charge on any atom is 0.341 e. The average Bonchev–Trinajstić information content (AvgIpc) is 2.17. The van der Waals surface area contributed by atoms with Gasteiger partial charge in [0.05, 0.1) is 11.6 Å². The van der Waals surface area contributed by atoms with Crippen LogP contribution in [0.2, 0.25) is 0 Å². The molecule has 0 fully saturated rings. The molecule has 2 nitrogen and oxygen atoms in total. The van der Waals surface area contributed by atoms with Gasteiger partial charge < -0.3 is 4.74 Å². The Morgan fingerprint density at radius 3 is 2.87 bits per heavy atom. The molecule has 0 aliphatic rings. The van der Waals surface area contributed by atoms with Crippen LogP contribution in [0.5, 0.6) is 0 Å². The van der Waals surface area contributed by atoms with E-state index in [0.717, 1.165) is 12.1 Å². The lowest BCUT2D eigenvalue weighted by atomic mass is 10.2. The second-order valence-electron chi connectivity index (χ2n) is 2.66. The number of halogens is 2. The van der Waals surface area contributed by atoms with Gasteiger partial charge in [0.25, 0.3) is 0 Å². The van der Waals surface area contributed by atoms with Gasteiger partial charge in [-0.15, -0.1) is 0 Å². The number of esters is 1. The van der Waals surface area contributed by atoms with Crippen LogP contribution in [-0.4, -0.2) is 24.6 Å². The minimum Gasteiger partial charge on any atom is -0.461 e. The number of carbonyl (C=O) groups excluding carboxylic acids is 1. The number of ether oxygens (including phenoxy) is 1. The Balaban J connectivity index is 2.65. The summed E-state index contributed by atoms with van der Waals surface area (Å²) in [5.74, 6) is -2.02. The molecule has 0 atom stereocenters. The Morgan fingerprint density at radius 1 is 1.53 bits per heavy atom. The van der Waals surface area contributed by atoms with E-state index in [1.165, 1.54) is 11.8 Å². The van der Waals surface area contributed by atoms with Gasteiger partial charge in [-0.2, -0.15) is 11.8 Å². The van der Waals surface area contributed by atoms with Crippen molar-refractivity contribution in [2.24, 2.45) is 0 Å². The molecule has 0 heterocycles. The molecule has 0 saturated heterocycles. The van der Waals surface area contributed by atoms with E-state index in [1.807, 2.05) is 6.26 Å². The van der Waals surface area contributed by atoms with E-state index >= 15 is 0 Å². The highest BCUT2D eigenvalue weighted by Crippen LogP contribution is 2.10. The molecule has 0 aliphatic heterocycles. The van der Waals surface area contributed by atoms with Gasteiger partial charge in [0.1, 0.15) is 18.2 Å². The lowest BCUT2D eigenvalue weighted by Crippen LogP contribution is -2.10. The van der Waals surface area contributed by atoms with E-state index in [0.29, 0.717) is 5.75 Å². The predicted molar refractivity (Wildman–Crippen MR) is 53.9 cm³/mol. The second-order valence-corrected chi connectivity index (χ2v) is 3.65. The molecule has 0 bridgehead atoms. The molecule has 0 aliphatic carbocycles. The number of carbonyl (C=O) groups is 1. The molecular weight excluding hydrogens is 222 g/mol. The highest BCUT2D eigenvalue weighted by Gasteiger charge is 2.13. The first kappa shape index (κ1) is 12.0. The number of hydrogen-bond acceptors (Lipinski definition) is 3. The molecule has 0 amide bonds. The summed E-state index contributed by atoms with van der Waals surface area (Å²) in [7, 11) is 0. The largest absolute Gasteiger partial charge is 0.461 e. The van der Waals surface area contributed by atoms with Crippen LogP contribution in [0.1, 0.15) is 10.4 Å². The fourth-order valence-electron chi connectivity index (χ4n) is 0.897. The van der Waals surface area contributed by atoms with E-state index < -0.39 is 17.6 Å². The molecule has 1 rings (SSSR count). The fourth-order valence-corrected chi connectivity index (χ4v) is 1.15. The first-order valence-corrected chi connectivity index (χ1v) is 5.58. The Morgan fingerprint density at radius 2 is 2.27 bits per heavy atom. The van der Waals surface area contributed by atoms with Crippen molar-refractivity contribution < 1.29 is 18.3 Å². The minimum atomic E-state index is -1.02. The first-order chi connectivity index (χ1) is 7.15. The highest BCUT2D eigenvalue weighted by molar-refractivity contribution is 7.98.